The second kappa shape index (κ2) is 22.8. The van der Waals surface area contributed by atoms with Crippen molar-refractivity contribution in [1.82, 2.24) is 0 Å². The van der Waals surface area contributed by atoms with Crippen LogP contribution >= 0.6 is 11.3 Å². The summed E-state index contributed by atoms with van der Waals surface area (Å²) < 4.78 is 0. The van der Waals surface area contributed by atoms with Crippen molar-refractivity contribution in [1.29, 1.82) is 0 Å². The molecule has 0 radical (unpaired) electrons. The van der Waals surface area contributed by atoms with Gasteiger partial charge in [0.25, 0.3) is 0 Å². The topological polar surface area (TPSA) is 9.72 Å². The van der Waals surface area contributed by atoms with Gasteiger partial charge in [-0.2, -0.15) is 0 Å². The molecule has 0 N–H and O–H groups in total. The normalized spacial score (nSPS) is 11.0. The molecule has 380 valence electrons. The third-order valence-corrected chi connectivity index (χ3v) is 15.6. The van der Waals surface area contributed by atoms with Crippen molar-refractivity contribution in [2.24, 2.45) is 0 Å². The molecule has 12 aromatic carbocycles. The molecule has 3 nitrogen and oxygen atoms in total. The Hall–Kier alpha value is -10.3. The van der Waals surface area contributed by atoms with Crippen LogP contribution in [0.25, 0.3) is 66.1 Å². The highest BCUT2D eigenvalue weighted by Gasteiger charge is 2.34. The van der Waals surface area contributed by atoms with E-state index in [0.717, 1.165) is 117 Å². The van der Waals surface area contributed by atoms with Crippen LogP contribution in [0.4, 0.5) is 51.2 Å². The quantitative estimate of drug-likeness (QED) is 0.101. The maximum atomic E-state index is 2.64. The van der Waals surface area contributed by atoms with Crippen LogP contribution in [-0.2, 0) is 0 Å². The van der Waals surface area contributed by atoms with E-state index in [1.54, 1.807) is 11.3 Å². The van der Waals surface area contributed by atoms with Crippen molar-refractivity contribution in [3.63, 3.8) is 0 Å². The van der Waals surface area contributed by atoms with Crippen LogP contribution < -0.4 is 14.7 Å². The van der Waals surface area contributed by atoms with E-state index in [9.17, 15) is 0 Å². The maximum Gasteiger partial charge on any atom is 0.0782 e. The molecule has 0 amide bonds. The molecule has 0 saturated heterocycles. The smallest absolute Gasteiger partial charge is 0.0782 e. The zero-order valence-electron chi connectivity index (χ0n) is 44.0. The fourth-order valence-electron chi connectivity index (χ4n) is 11.3. The number of benzene rings is 12. The highest BCUT2D eigenvalue weighted by Crippen LogP contribution is 2.59. The van der Waals surface area contributed by atoms with E-state index in [-0.39, 0.29) is 0 Å². The van der Waals surface area contributed by atoms with Gasteiger partial charge in [-0.1, -0.05) is 255 Å². The summed E-state index contributed by atoms with van der Waals surface area (Å²) in [6, 6.07) is 119. The summed E-state index contributed by atoms with van der Waals surface area (Å²) in [6.07, 6.45) is 0. The highest BCUT2D eigenvalue weighted by atomic mass is 32.1. The van der Waals surface area contributed by atoms with Crippen LogP contribution in [0.1, 0.15) is 0 Å². The molecule has 13 rings (SSSR count). The van der Waals surface area contributed by atoms with Crippen LogP contribution in [0.2, 0.25) is 0 Å². The number of hydrogen-bond acceptors (Lipinski definition) is 4. The lowest BCUT2D eigenvalue weighted by Crippen LogP contribution is -2.22. The lowest BCUT2D eigenvalue weighted by Gasteiger charge is -2.39. The third-order valence-electron chi connectivity index (χ3n) is 14.8. The van der Waals surface area contributed by atoms with Gasteiger partial charge < -0.3 is 14.7 Å². The summed E-state index contributed by atoms with van der Waals surface area (Å²) in [4.78, 5) is 8.67. The highest BCUT2D eigenvalue weighted by molar-refractivity contribution is 7.13. The summed E-state index contributed by atoms with van der Waals surface area (Å²) in [6.45, 7) is 0. The van der Waals surface area contributed by atoms with Crippen LogP contribution in [0.5, 0.6) is 0 Å². The Morgan fingerprint density at radius 1 is 0.200 bits per heavy atom. The molecule has 0 unspecified atom stereocenters. The minimum Gasteiger partial charge on any atom is -0.308 e. The lowest BCUT2D eigenvalue weighted by molar-refractivity contribution is 1.20. The number of hydrogen-bond donors (Lipinski definition) is 0. The Labute approximate surface area is 473 Å². The first-order valence-corrected chi connectivity index (χ1v) is 28.0. The van der Waals surface area contributed by atoms with Crippen molar-refractivity contribution in [2.75, 3.05) is 14.7 Å². The van der Waals surface area contributed by atoms with Gasteiger partial charge in [0.05, 0.1) is 28.4 Å². The van der Waals surface area contributed by atoms with Crippen molar-refractivity contribution in [2.45, 2.75) is 0 Å². The van der Waals surface area contributed by atoms with Crippen molar-refractivity contribution >= 4 is 62.5 Å². The monoisotopic (exact) mass is 1040 g/mol. The lowest BCUT2D eigenvalue weighted by atomic mass is 9.89. The van der Waals surface area contributed by atoms with Crippen LogP contribution in [-0.4, -0.2) is 0 Å². The summed E-state index contributed by atoms with van der Waals surface area (Å²) in [5.74, 6) is 0. The van der Waals surface area contributed by atoms with Crippen LogP contribution in [0, 0.1) is 0 Å². The summed E-state index contributed by atoms with van der Waals surface area (Å²) in [5.41, 5.74) is 21.4. The van der Waals surface area contributed by atoms with Crippen LogP contribution in [0.15, 0.2) is 333 Å². The molecule has 0 spiro atoms. The first-order valence-electron chi connectivity index (χ1n) is 27.2. The van der Waals surface area contributed by atoms with E-state index in [0.29, 0.717) is 0 Å². The maximum absolute atomic E-state index is 2.64. The van der Waals surface area contributed by atoms with E-state index in [1.807, 2.05) is 0 Å². The van der Waals surface area contributed by atoms with Gasteiger partial charge in [-0.3, -0.25) is 0 Å². The van der Waals surface area contributed by atoms with Crippen molar-refractivity contribution in [3.8, 4) is 66.1 Å². The molecule has 1 aromatic heterocycles. The van der Waals surface area contributed by atoms with E-state index in [1.165, 1.54) is 0 Å². The Bertz CT molecular complexity index is 3860. The second-order valence-electron chi connectivity index (χ2n) is 19.6. The molecular formula is C76H55N3S. The summed E-state index contributed by atoms with van der Waals surface area (Å²) in [5, 5.41) is 2.20. The molecule has 13 aromatic rings. The minimum absolute atomic E-state index is 0.994. The number of anilines is 9. The van der Waals surface area contributed by atoms with Crippen molar-refractivity contribution < 1.29 is 0 Å². The first kappa shape index (κ1) is 49.3. The molecule has 0 atom stereocenters. The average Bonchev–Trinajstić information content (AvgIpc) is 4.21. The fourth-order valence-corrected chi connectivity index (χ4v) is 12.1. The van der Waals surface area contributed by atoms with E-state index < -0.39 is 0 Å². The molecule has 0 saturated carbocycles. The fraction of sp³-hybridized carbons (Fsp3) is 0. The molecule has 4 heteroatoms. The van der Waals surface area contributed by atoms with E-state index >= 15 is 0 Å². The molecule has 1 heterocycles. The van der Waals surface area contributed by atoms with Gasteiger partial charge in [-0.15, -0.1) is 11.3 Å². The first-order chi connectivity index (χ1) is 39.8. The van der Waals surface area contributed by atoms with Gasteiger partial charge in [0, 0.05) is 44.3 Å². The van der Waals surface area contributed by atoms with Gasteiger partial charge in [-0.05, 0) is 123 Å². The largest absolute Gasteiger partial charge is 0.308 e. The zero-order valence-corrected chi connectivity index (χ0v) is 44.8. The van der Waals surface area contributed by atoms with Gasteiger partial charge in [0.2, 0.25) is 0 Å². The number of rotatable bonds is 15. The SMILES string of the molecule is c1ccc(-c2ccccc2-c2cccc(N(c3ccccc3)c3ccccc3)c2N(c2cccc(-c3ccccc3)c2-c2cccs2)c2c(-c3ccccc3-c3ccccc3)cccc2N(c2ccccc2)c2ccccc2)cc1. The van der Waals surface area contributed by atoms with E-state index in [2.05, 4.69) is 348 Å². The summed E-state index contributed by atoms with van der Waals surface area (Å²) in [7, 11) is 0. The van der Waals surface area contributed by atoms with Crippen molar-refractivity contribution in [3.05, 3.63) is 333 Å². The molecular weight excluding hydrogens is 987 g/mol. The van der Waals surface area contributed by atoms with Crippen LogP contribution in [0.3, 0.4) is 0 Å². The van der Waals surface area contributed by atoms with Gasteiger partial charge in [0.15, 0.2) is 0 Å². The predicted molar refractivity (Wildman–Crippen MR) is 341 cm³/mol. The molecule has 0 aliphatic rings. The number of nitrogens with zero attached hydrogens (tertiary/aromatic N) is 3. The third kappa shape index (κ3) is 9.66. The van der Waals surface area contributed by atoms with Gasteiger partial charge >= 0.3 is 0 Å². The second-order valence-corrected chi connectivity index (χ2v) is 20.5. The Morgan fingerprint density at radius 2 is 0.500 bits per heavy atom. The van der Waals surface area contributed by atoms with Gasteiger partial charge in [0.1, 0.15) is 0 Å². The molecule has 0 fully saturated rings. The molecule has 0 aliphatic heterocycles. The number of thiophene rings is 1. The zero-order chi connectivity index (χ0) is 53.5. The molecule has 80 heavy (non-hydrogen) atoms. The molecule has 0 aliphatic carbocycles. The minimum atomic E-state index is 0.994. The summed E-state index contributed by atoms with van der Waals surface area (Å²) >= 11 is 1.77. The molecule has 0 bridgehead atoms. The Morgan fingerprint density at radius 3 is 0.863 bits per heavy atom. The average molecular weight is 1040 g/mol. The van der Waals surface area contributed by atoms with E-state index in [4.69, 9.17) is 0 Å². The Balaban J connectivity index is 1.27. The Kier molecular flexibility index (Phi) is 14.0. The van der Waals surface area contributed by atoms with Gasteiger partial charge in [-0.25, -0.2) is 0 Å². The number of para-hydroxylation sites is 6. The predicted octanol–water partition coefficient (Wildman–Crippen LogP) is 22.2. The standard InChI is InChI=1S/C76H55N3S/c1-8-30-56(31-9-1)63-44-22-24-46-66(63)68-49-27-52-71(77(59-36-14-4-15-37-59)60-38-16-5-17-39-60)75(68)79(70-51-26-48-65(58-34-12-3-13-35-58)74(70)73-54-29-55-80-73)76-69(67-47-25-23-45-64(67)57-32-10-2-11-33-57)50-28-53-72(76)78(61-40-18-6-19-41-61)62-42-20-7-21-43-62/h1-55H.